The van der Waals surface area contributed by atoms with Crippen molar-refractivity contribution in [2.75, 3.05) is 0 Å². The van der Waals surface area contributed by atoms with Crippen molar-refractivity contribution in [1.29, 1.82) is 0 Å². The summed E-state index contributed by atoms with van der Waals surface area (Å²) in [6, 6.07) is 28.5. The average Bonchev–Trinajstić information content (AvgIpc) is 2.58. The molecule has 0 saturated heterocycles. The molecule has 3 aromatic rings. The molecule has 0 spiro atoms. The second kappa shape index (κ2) is 8.33. The minimum atomic E-state index is 0.557. The molecule has 2 nitrogen and oxygen atoms in total. The zero-order valence-electron chi connectivity index (χ0n) is 11.6. The fourth-order valence-electron chi connectivity index (χ4n) is 1.67. The van der Waals surface area contributed by atoms with Gasteiger partial charge in [0.15, 0.2) is 6.29 Å². The van der Waals surface area contributed by atoms with Gasteiger partial charge in [-0.1, -0.05) is 66.7 Å². The van der Waals surface area contributed by atoms with Crippen LogP contribution >= 0.6 is 0 Å². The summed E-state index contributed by atoms with van der Waals surface area (Å²) in [5.74, 6) is 1.31. The first kappa shape index (κ1) is 14.5. The van der Waals surface area contributed by atoms with E-state index in [1.807, 2.05) is 78.9 Å². The molecule has 0 saturated carbocycles. The molecule has 0 heterocycles. The molecule has 21 heavy (non-hydrogen) atoms. The van der Waals surface area contributed by atoms with Crippen molar-refractivity contribution in [3.8, 4) is 11.5 Å². The maximum Gasteiger partial charge on any atom is 0.153 e. The molecule has 0 N–H and O–H groups in total. The Labute approximate surface area is 124 Å². The van der Waals surface area contributed by atoms with Crippen molar-refractivity contribution in [2.24, 2.45) is 0 Å². The summed E-state index contributed by atoms with van der Waals surface area (Å²) in [7, 11) is 0. The van der Waals surface area contributed by atoms with Gasteiger partial charge in [-0.3, -0.25) is 4.79 Å². The van der Waals surface area contributed by atoms with E-state index in [0.717, 1.165) is 12.0 Å². The normalized spacial score (nSPS) is 9.14. The number of hydrogen-bond acceptors (Lipinski definition) is 2. The molecule has 3 rings (SSSR count). The third-order valence-corrected chi connectivity index (χ3v) is 2.68. The number of benzene rings is 3. The third kappa shape index (κ3) is 4.96. The second-order valence-electron chi connectivity index (χ2n) is 4.23. The standard InChI is InChI=1S/C13H10O2.C6H6/c14-10-11-6-4-5-9-13(11)15-12-7-2-1-3-8-12;1-2-4-6-5-3-1/h1-10H;1-6H. The van der Waals surface area contributed by atoms with Crippen LogP contribution in [0.15, 0.2) is 91.0 Å². The maximum atomic E-state index is 10.7. The van der Waals surface area contributed by atoms with E-state index >= 15 is 0 Å². The highest BCUT2D eigenvalue weighted by Crippen LogP contribution is 2.23. The van der Waals surface area contributed by atoms with Crippen molar-refractivity contribution in [3.63, 3.8) is 0 Å². The van der Waals surface area contributed by atoms with Crippen molar-refractivity contribution < 1.29 is 9.53 Å². The molecule has 0 fully saturated rings. The molecule has 0 unspecified atom stereocenters. The largest absolute Gasteiger partial charge is 0.457 e. The Kier molecular flexibility index (Phi) is 5.77. The van der Waals surface area contributed by atoms with Crippen molar-refractivity contribution in [2.45, 2.75) is 0 Å². The van der Waals surface area contributed by atoms with Crippen LogP contribution in [-0.4, -0.2) is 6.29 Å². The van der Waals surface area contributed by atoms with E-state index in [2.05, 4.69) is 0 Å². The van der Waals surface area contributed by atoms with E-state index in [4.69, 9.17) is 4.74 Å². The number of hydrogen-bond donors (Lipinski definition) is 0. The fourth-order valence-corrected chi connectivity index (χ4v) is 1.67. The lowest BCUT2D eigenvalue weighted by molar-refractivity contribution is 0.112. The Balaban J connectivity index is 0.000000225. The van der Waals surface area contributed by atoms with Gasteiger partial charge in [-0.25, -0.2) is 0 Å². The Morgan fingerprint density at radius 3 is 1.67 bits per heavy atom. The first-order chi connectivity index (χ1) is 10.4. The molecule has 0 atom stereocenters. The predicted molar refractivity (Wildman–Crippen MR) is 84.8 cm³/mol. The topological polar surface area (TPSA) is 26.3 Å². The molecule has 104 valence electrons. The highest BCUT2D eigenvalue weighted by molar-refractivity contribution is 5.79. The average molecular weight is 276 g/mol. The minimum absolute atomic E-state index is 0.557. The first-order valence-corrected chi connectivity index (χ1v) is 6.67. The van der Waals surface area contributed by atoms with E-state index in [0.29, 0.717) is 11.3 Å². The van der Waals surface area contributed by atoms with Gasteiger partial charge < -0.3 is 4.74 Å². The summed E-state index contributed by atoms with van der Waals surface area (Å²) in [6.07, 6.45) is 0.790. The summed E-state index contributed by atoms with van der Waals surface area (Å²) >= 11 is 0. The molecular weight excluding hydrogens is 260 g/mol. The van der Waals surface area contributed by atoms with Crippen molar-refractivity contribution >= 4 is 6.29 Å². The molecule has 0 aliphatic rings. The van der Waals surface area contributed by atoms with Gasteiger partial charge in [0.25, 0.3) is 0 Å². The second-order valence-corrected chi connectivity index (χ2v) is 4.23. The van der Waals surface area contributed by atoms with Crippen molar-refractivity contribution in [3.05, 3.63) is 96.6 Å². The lowest BCUT2D eigenvalue weighted by Crippen LogP contribution is -1.89. The molecule has 0 aliphatic carbocycles. The Morgan fingerprint density at radius 2 is 1.10 bits per heavy atom. The molecule has 2 heteroatoms. The smallest absolute Gasteiger partial charge is 0.153 e. The van der Waals surface area contributed by atoms with Crippen LogP contribution in [0.3, 0.4) is 0 Å². The minimum Gasteiger partial charge on any atom is -0.457 e. The molecular formula is C19H16O2. The van der Waals surface area contributed by atoms with Gasteiger partial charge in [-0.2, -0.15) is 0 Å². The molecule has 3 aromatic carbocycles. The lowest BCUT2D eigenvalue weighted by Gasteiger charge is -2.06. The molecule has 0 bridgehead atoms. The first-order valence-electron chi connectivity index (χ1n) is 6.67. The van der Waals surface area contributed by atoms with Crippen LogP contribution in [0.5, 0.6) is 11.5 Å². The highest BCUT2D eigenvalue weighted by Gasteiger charge is 2.01. The van der Waals surface area contributed by atoms with Crippen molar-refractivity contribution in [1.82, 2.24) is 0 Å². The van der Waals surface area contributed by atoms with Crippen LogP contribution in [0.1, 0.15) is 10.4 Å². The lowest BCUT2D eigenvalue weighted by atomic mass is 10.2. The van der Waals surface area contributed by atoms with Gasteiger partial charge in [0.1, 0.15) is 11.5 Å². The van der Waals surface area contributed by atoms with E-state index in [1.165, 1.54) is 0 Å². The van der Waals surface area contributed by atoms with Gasteiger partial charge in [0.05, 0.1) is 5.56 Å². The number of rotatable bonds is 3. The number of carbonyl (C=O) groups is 1. The Hall–Kier alpha value is -2.87. The summed E-state index contributed by atoms with van der Waals surface area (Å²) in [4.78, 5) is 10.7. The van der Waals surface area contributed by atoms with Gasteiger partial charge in [0, 0.05) is 0 Å². The molecule has 0 aliphatic heterocycles. The molecule has 0 aromatic heterocycles. The Morgan fingerprint density at radius 1 is 0.619 bits per heavy atom. The predicted octanol–water partition coefficient (Wildman–Crippen LogP) is 4.98. The van der Waals surface area contributed by atoms with Gasteiger partial charge in [-0.15, -0.1) is 0 Å². The van der Waals surface area contributed by atoms with E-state index < -0.39 is 0 Å². The summed E-state index contributed by atoms with van der Waals surface area (Å²) in [6.45, 7) is 0. The quantitative estimate of drug-likeness (QED) is 0.631. The third-order valence-electron chi connectivity index (χ3n) is 2.68. The number of para-hydroxylation sites is 2. The van der Waals surface area contributed by atoms with E-state index in [-0.39, 0.29) is 0 Å². The zero-order valence-corrected chi connectivity index (χ0v) is 11.6. The molecule has 0 radical (unpaired) electrons. The van der Waals surface area contributed by atoms with E-state index in [1.54, 1.807) is 12.1 Å². The van der Waals surface area contributed by atoms with Crippen LogP contribution in [0, 0.1) is 0 Å². The SMILES string of the molecule is O=Cc1ccccc1Oc1ccccc1.c1ccccc1. The summed E-state index contributed by atoms with van der Waals surface area (Å²) in [5.41, 5.74) is 0.557. The monoisotopic (exact) mass is 276 g/mol. The van der Waals surface area contributed by atoms with Crippen LogP contribution in [0.25, 0.3) is 0 Å². The number of aldehydes is 1. The summed E-state index contributed by atoms with van der Waals surface area (Å²) in [5, 5.41) is 0. The maximum absolute atomic E-state index is 10.7. The van der Waals surface area contributed by atoms with E-state index in [9.17, 15) is 4.79 Å². The van der Waals surface area contributed by atoms with Crippen LogP contribution in [-0.2, 0) is 0 Å². The molecule has 0 amide bonds. The summed E-state index contributed by atoms with van der Waals surface area (Å²) < 4.78 is 5.57. The highest BCUT2D eigenvalue weighted by atomic mass is 16.5. The van der Waals surface area contributed by atoms with Gasteiger partial charge >= 0.3 is 0 Å². The van der Waals surface area contributed by atoms with Crippen LogP contribution in [0.4, 0.5) is 0 Å². The van der Waals surface area contributed by atoms with Gasteiger partial charge in [-0.05, 0) is 24.3 Å². The van der Waals surface area contributed by atoms with Gasteiger partial charge in [0.2, 0.25) is 0 Å². The number of carbonyl (C=O) groups excluding carboxylic acids is 1. The van der Waals surface area contributed by atoms with Crippen LogP contribution < -0.4 is 4.74 Å². The fraction of sp³-hybridized carbons (Fsp3) is 0. The number of ether oxygens (including phenoxy) is 1. The Bertz CT molecular complexity index is 622. The van der Waals surface area contributed by atoms with Crippen LogP contribution in [0.2, 0.25) is 0 Å². The zero-order chi connectivity index (χ0) is 14.8.